The van der Waals surface area contributed by atoms with Crippen molar-refractivity contribution in [1.82, 2.24) is 0 Å². The zero-order chi connectivity index (χ0) is 10.4. The number of hydrogen-bond donors (Lipinski definition) is 0. The lowest BCUT2D eigenvalue weighted by Gasteiger charge is -2.06. The van der Waals surface area contributed by atoms with Crippen LogP contribution in [0.15, 0.2) is 24.3 Å². The molecule has 1 aromatic carbocycles. The predicted molar refractivity (Wildman–Crippen MR) is 62.3 cm³/mol. The quantitative estimate of drug-likeness (QED) is 0.691. The van der Waals surface area contributed by atoms with E-state index in [1.807, 2.05) is 12.1 Å². The molecule has 0 N–H and O–H groups in total. The van der Waals surface area contributed by atoms with Crippen LogP contribution in [0.4, 0.5) is 4.39 Å². The van der Waals surface area contributed by atoms with Crippen LogP contribution in [-0.4, -0.2) is 4.83 Å². The van der Waals surface area contributed by atoms with Gasteiger partial charge in [0.25, 0.3) is 0 Å². The fourth-order valence-electron chi connectivity index (χ4n) is 1.42. The van der Waals surface area contributed by atoms with Crippen molar-refractivity contribution in [2.24, 2.45) is 0 Å². The van der Waals surface area contributed by atoms with Crippen molar-refractivity contribution in [3.8, 4) is 0 Å². The predicted octanol–water partition coefficient (Wildman–Crippen LogP) is 4.32. The van der Waals surface area contributed by atoms with Crippen LogP contribution in [0.3, 0.4) is 0 Å². The van der Waals surface area contributed by atoms with Crippen LogP contribution < -0.4 is 0 Å². The van der Waals surface area contributed by atoms with Gasteiger partial charge in [-0.05, 0) is 37.3 Å². The average molecular weight is 259 g/mol. The molecule has 2 heteroatoms. The highest BCUT2D eigenvalue weighted by Gasteiger charge is 2.03. The average Bonchev–Trinajstić information content (AvgIpc) is 2.20. The molecule has 0 heterocycles. The van der Waals surface area contributed by atoms with E-state index < -0.39 is 0 Å². The summed E-state index contributed by atoms with van der Waals surface area (Å²) < 4.78 is 13.2. The molecule has 0 amide bonds. The van der Waals surface area contributed by atoms with Crippen molar-refractivity contribution in [2.75, 3.05) is 0 Å². The summed E-state index contributed by atoms with van der Waals surface area (Å²) in [5.74, 6) is -0.0740. The fourth-order valence-corrected chi connectivity index (χ4v) is 1.74. The summed E-state index contributed by atoms with van der Waals surface area (Å²) in [6, 6.07) is 7.02. The third-order valence-electron chi connectivity index (χ3n) is 2.36. The lowest BCUT2D eigenvalue weighted by atomic mass is 10.1. The maximum Gasteiger partial charge on any atom is 0.126 e. The Hall–Kier alpha value is -0.370. The van der Waals surface area contributed by atoms with Crippen molar-refractivity contribution < 1.29 is 4.39 Å². The molecule has 0 bridgehead atoms. The van der Waals surface area contributed by atoms with Gasteiger partial charge in [0.1, 0.15) is 5.82 Å². The van der Waals surface area contributed by atoms with E-state index in [4.69, 9.17) is 0 Å². The lowest BCUT2D eigenvalue weighted by molar-refractivity contribution is 0.597. The van der Waals surface area contributed by atoms with Crippen LogP contribution in [0.5, 0.6) is 0 Å². The molecule has 0 saturated carbocycles. The van der Waals surface area contributed by atoms with Crippen LogP contribution in [0.1, 0.15) is 31.7 Å². The highest BCUT2D eigenvalue weighted by molar-refractivity contribution is 9.09. The van der Waals surface area contributed by atoms with Crippen molar-refractivity contribution in [1.29, 1.82) is 0 Å². The van der Waals surface area contributed by atoms with Crippen molar-refractivity contribution in [3.63, 3.8) is 0 Å². The van der Waals surface area contributed by atoms with E-state index in [9.17, 15) is 4.39 Å². The van der Waals surface area contributed by atoms with Crippen LogP contribution in [0, 0.1) is 5.82 Å². The maximum absolute atomic E-state index is 13.2. The van der Waals surface area contributed by atoms with Gasteiger partial charge in [-0.15, -0.1) is 0 Å². The molecule has 0 aromatic heterocycles. The lowest BCUT2D eigenvalue weighted by Crippen LogP contribution is -1.97. The summed E-state index contributed by atoms with van der Waals surface area (Å²) >= 11 is 3.58. The van der Waals surface area contributed by atoms with E-state index in [1.165, 1.54) is 6.07 Å². The Balaban J connectivity index is 2.35. The van der Waals surface area contributed by atoms with Gasteiger partial charge in [0.15, 0.2) is 0 Å². The molecular weight excluding hydrogens is 243 g/mol. The second-order valence-corrected chi connectivity index (χ2v) is 4.78. The number of alkyl halides is 1. The van der Waals surface area contributed by atoms with Gasteiger partial charge < -0.3 is 0 Å². The summed E-state index contributed by atoms with van der Waals surface area (Å²) in [7, 11) is 0. The molecule has 0 spiro atoms. The summed E-state index contributed by atoms with van der Waals surface area (Å²) in [5.41, 5.74) is 0.836. The Labute approximate surface area is 93.7 Å². The minimum atomic E-state index is -0.0740. The number of benzene rings is 1. The molecule has 1 aromatic rings. The van der Waals surface area contributed by atoms with Crippen LogP contribution in [0.2, 0.25) is 0 Å². The van der Waals surface area contributed by atoms with E-state index in [1.54, 1.807) is 6.07 Å². The standard InChI is InChI=1S/C12H16BrF/c1-2-11(13)8-5-7-10-6-3-4-9-12(10)14/h3-4,6,9,11H,2,5,7-8H2,1H3. The van der Waals surface area contributed by atoms with Gasteiger partial charge in [0.05, 0.1) is 0 Å². The van der Waals surface area contributed by atoms with Gasteiger partial charge in [0.2, 0.25) is 0 Å². The van der Waals surface area contributed by atoms with Gasteiger partial charge >= 0.3 is 0 Å². The van der Waals surface area contributed by atoms with Crippen LogP contribution in [0.25, 0.3) is 0 Å². The molecule has 0 fully saturated rings. The second-order valence-electron chi connectivity index (χ2n) is 3.49. The van der Waals surface area contributed by atoms with Gasteiger partial charge in [0, 0.05) is 4.83 Å². The molecular formula is C12H16BrF. The number of halogens is 2. The third kappa shape index (κ3) is 3.79. The normalized spacial score (nSPS) is 12.8. The Morgan fingerprint density at radius 3 is 2.71 bits per heavy atom. The molecule has 1 unspecified atom stereocenters. The highest BCUT2D eigenvalue weighted by atomic mass is 79.9. The molecule has 0 aliphatic heterocycles. The first-order valence-electron chi connectivity index (χ1n) is 5.11. The van der Waals surface area contributed by atoms with E-state index in [-0.39, 0.29) is 5.82 Å². The molecule has 0 nitrogen and oxygen atoms in total. The van der Waals surface area contributed by atoms with E-state index in [0.717, 1.165) is 31.2 Å². The Morgan fingerprint density at radius 1 is 1.36 bits per heavy atom. The fraction of sp³-hybridized carbons (Fsp3) is 0.500. The molecule has 0 aliphatic rings. The first-order chi connectivity index (χ1) is 6.74. The number of aryl methyl sites for hydroxylation is 1. The minimum Gasteiger partial charge on any atom is -0.207 e. The number of rotatable bonds is 5. The Kier molecular flexibility index (Phi) is 5.16. The number of hydrogen-bond acceptors (Lipinski definition) is 0. The zero-order valence-electron chi connectivity index (χ0n) is 8.47. The van der Waals surface area contributed by atoms with Gasteiger partial charge in [-0.25, -0.2) is 4.39 Å². The summed E-state index contributed by atoms with van der Waals surface area (Å²) in [6.07, 6.45) is 4.14. The van der Waals surface area contributed by atoms with Crippen molar-refractivity contribution in [3.05, 3.63) is 35.6 Å². The van der Waals surface area contributed by atoms with Gasteiger partial charge in [-0.1, -0.05) is 41.1 Å². The molecule has 0 radical (unpaired) electrons. The molecule has 78 valence electrons. The van der Waals surface area contributed by atoms with E-state index in [0.29, 0.717) is 4.83 Å². The SMILES string of the molecule is CCC(Br)CCCc1ccccc1F. The minimum absolute atomic E-state index is 0.0740. The molecule has 0 aliphatic carbocycles. The van der Waals surface area contributed by atoms with E-state index in [2.05, 4.69) is 22.9 Å². The van der Waals surface area contributed by atoms with Crippen LogP contribution in [-0.2, 0) is 6.42 Å². The van der Waals surface area contributed by atoms with Crippen LogP contribution >= 0.6 is 15.9 Å². The molecule has 0 saturated heterocycles. The third-order valence-corrected chi connectivity index (χ3v) is 3.47. The first kappa shape index (κ1) is 11.7. The van der Waals surface area contributed by atoms with Crippen molar-refractivity contribution in [2.45, 2.75) is 37.4 Å². The summed E-state index contributed by atoms with van der Waals surface area (Å²) in [5, 5.41) is 0. The summed E-state index contributed by atoms with van der Waals surface area (Å²) in [6.45, 7) is 2.16. The summed E-state index contributed by atoms with van der Waals surface area (Å²) in [4.78, 5) is 0.578. The van der Waals surface area contributed by atoms with Crippen molar-refractivity contribution >= 4 is 15.9 Å². The van der Waals surface area contributed by atoms with Gasteiger partial charge in [-0.3, -0.25) is 0 Å². The highest BCUT2D eigenvalue weighted by Crippen LogP contribution is 2.15. The Morgan fingerprint density at radius 2 is 2.07 bits per heavy atom. The zero-order valence-corrected chi connectivity index (χ0v) is 10.1. The smallest absolute Gasteiger partial charge is 0.126 e. The largest absolute Gasteiger partial charge is 0.207 e. The topological polar surface area (TPSA) is 0 Å². The second kappa shape index (κ2) is 6.18. The molecule has 1 rings (SSSR count). The first-order valence-corrected chi connectivity index (χ1v) is 6.03. The molecule has 14 heavy (non-hydrogen) atoms. The van der Waals surface area contributed by atoms with Gasteiger partial charge in [-0.2, -0.15) is 0 Å². The maximum atomic E-state index is 13.2. The molecule has 1 atom stereocenters. The Bertz CT molecular complexity index is 273. The van der Waals surface area contributed by atoms with E-state index >= 15 is 0 Å². The monoisotopic (exact) mass is 258 g/mol.